The highest BCUT2D eigenvalue weighted by molar-refractivity contribution is 7.90. The van der Waals surface area contributed by atoms with E-state index in [9.17, 15) is 26.4 Å². The third-order valence-electron chi connectivity index (χ3n) is 2.84. The molecule has 0 bridgehead atoms. The largest absolute Gasteiger partial charge is 0.511 e. The van der Waals surface area contributed by atoms with Crippen molar-refractivity contribution in [1.82, 2.24) is 4.31 Å². The number of carbonyl (C=O) groups is 1. The molecular formula is C9H14F3NO4S. The Morgan fingerprint density at radius 2 is 1.72 bits per heavy atom. The summed E-state index contributed by atoms with van der Waals surface area (Å²) in [7, 11) is -5.58. The van der Waals surface area contributed by atoms with Gasteiger partial charge in [-0.2, -0.15) is 17.5 Å². The Hall–Kier alpha value is -0.830. The maximum absolute atomic E-state index is 12.5. The quantitative estimate of drug-likeness (QED) is 0.837. The Morgan fingerprint density at radius 3 is 2.22 bits per heavy atom. The first-order chi connectivity index (χ1) is 8.18. The van der Waals surface area contributed by atoms with Crippen molar-refractivity contribution < 1.29 is 31.5 Å². The second-order valence-corrected chi connectivity index (χ2v) is 6.00. The third-order valence-corrected chi connectivity index (χ3v) is 4.48. The molecule has 1 N–H and O–H groups in total. The minimum atomic E-state index is -5.58. The Balaban J connectivity index is 3.09. The van der Waals surface area contributed by atoms with Crippen molar-refractivity contribution in [3.05, 3.63) is 0 Å². The molecule has 18 heavy (non-hydrogen) atoms. The van der Waals surface area contributed by atoms with Crippen LogP contribution in [-0.4, -0.2) is 41.9 Å². The van der Waals surface area contributed by atoms with E-state index in [-0.39, 0.29) is 17.1 Å². The molecule has 0 radical (unpaired) electrons. The molecule has 106 valence electrons. The first kappa shape index (κ1) is 15.2. The van der Waals surface area contributed by atoms with Crippen LogP contribution in [0.25, 0.3) is 0 Å². The van der Waals surface area contributed by atoms with Crippen LogP contribution in [0.5, 0.6) is 0 Å². The van der Waals surface area contributed by atoms with Gasteiger partial charge >= 0.3 is 21.5 Å². The molecule has 0 aromatic heterocycles. The molecule has 5 nitrogen and oxygen atoms in total. The van der Waals surface area contributed by atoms with Gasteiger partial charge in [0.1, 0.15) is 6.04 Å². The summed E-state index contributed by atoms with van der Waals surface area (Å²) in [6.45, 7) is -0.404. The summed E-state index contributed by atoms with van der Waals surface area (Å²) in [5, 5.41) is 8.88. The van der Waals surface area contributed by atoms with Crippen LogP contribution in [0.3, 0.4) is 0 Å². The monoisotopic (exact) mass is 289 g/mol. The Morgan fingerprint density at radius 1 is 1.17 bits per heavy atom. The standard InChI is InChI=1S/C9H14F3NO4S/c10-9(11,12)18(16,17)13-6-4-2-1-3-5-7(13)8(14)15/h7H,1-6H2,(H,14,15). The zero-order chi connectivity index (χ0) is 14.0. The molecule has 1 fully saturated rings. The molecule has 1 unspecified atom stereocenters. The van der Waals surface area contributed by atoms with E-state index in [1.165, 1.54) is 0 Å². The molecule has 1 saturated heterocycles. The van der Waals surface area contributed by atoms with E-state index in [1.54, 1.807) is 0 Å². The first-order valence-electron chi connectivity index (χ1n) is 5.49. The molecule has 1 heterocycles. The molecule has 0 spiro atoms. The second kappa shape index (κ2) is 5.43. The van der Waals surface area contributed by atoms with Gasteiger partial charge in [0.05, 0.1) is 0 Å². The van der Waals surface area contributed by atoms with Crippen molar-refractivity contribution in [2.24, 2.45) is 0 Å². The van der Waals surface area contributed by atoms with E-state index in [2.05, 4.69) is 0 Å². The normalized spacial score (nSPS) is 24.3. The van der Waals surface area contributed by atoms with Crippen LogP contribution in [0.15, 0.2) is 0 Å². The second-order valence-electron chi connectivity index (χ2n) is 4.12. The van der Waals surface area contributed by atoms with Gasteiger partial charge in [-0.05, 0) is 12.8 Å². The van der Waals surface area contributed by atoms with Gasteiger partial charge in [-0.1, -0.05) is 19.3 Å². The summed E-state index contributed by atoms with van der Waals surface area (Å²) in [5.41, 5.74) is -5.46. The lowest BCUT2D eigenvalue weighted by atomic mass is 10.0. The van der Waals surface area contributed by atoms with E-state index in [0.717, 1.165) is 0 Å². The average molecular weight is 289 g/mol. The van der Waals surface area contributed by atoms with Crippen LogP contribution in [0, 0.1) is 0 Å². The summed E-state index contributed by atoms with van der Waals surface area (Å²) < 4.78 is 60.1. The lowest BCUT2D eigenvalue weighted by Crippen LogP contribution is -2.50. The number of alkyl halides is 3. The minimum Gasteiger partial charge on any atom is -0.480 e. The summed E-state index contributed by atoms with van der Waals surface area (Å²) in [4.78, 5) is 10.9. The number of hydrogen-bond donors (Lipinski definition) is 1. The van der Waals surface area contributed by atoms with Crippen molar-refractivity contribution in [2.45, 2.75) is 43.7 Å². The van der Waals surface area contributed by atoms with Gasteiger partial charge in [0.25, 0.3) is 0 Å². The van der Waals surface area contributed by atoms with Crippen LogP contribution < -0.4 is 0 Å². The first-order valence-corrected chi connectivity index (χ1v) is 6.93. The highest BCUT2D eigenvalue weighted by Gasteiger charge is 2.52. The maximum atomic E-state index is 12.5. The van der Waals surface area contributed by atoms with E-state index in [0.29, 0.717) is 19.3 Å². The number of sulfonamides is 1. The minimum absolute atomic E-state index is 0.0779. The van der Waals surface area contributed by atoms with Gasteiger partial charge in [0, 0.05) is 6.54 Å². The van der Waals surface area contributed by atoms with Crippen molar-refractivity contribution in [3.63, 3.8) is 0 Å². The summed E-state index contributed by atoms with van der Waals surface area (Å²) >= 11 is 0. The number of rotatable bonds is 2. The van der Waals surface area contributed by atoms with Crippen LogP contribution >= 0.6 is 0 Å². The summed E-state index contributed by atoms with van der Waals surface area (Å²) in [6.07, 6.45) is 1.84. The van der Waals surface area contributed by atoms with Crippen molar-refractivity contribution in [3.8, 4) is 0 Å². The lowest BCUT2D eigenvalue weighted by molar-refractivity contribution is -0.142. The lowest BCUT2D eigenvalue weighted by Gasteiger charge is -2.30. The number of carboxylic acids is 1. The predicted molar refractivity (Wildman–Crippen MR) is 56.2 cm³/mol. The number of aliphatic carboxylic acids is 1. The van der Waals surface area contributed by atoms with E-state index in [1.807, 2.05) is 0 Å². The molecule has 9 heteroatoms. The SMILES string of the molecule is O=C(O)C1CCCCCCN1S(=O)(=O)C(F)(F)F. The molecule has 0 aromatic carbocycles. The number of carboxylic acid groups (broad SMARTS) is 1. The van der Waals surface area contributed by atoms with Gasteiger partial charge in [-0.25, -0.2) is 8.42 Å². The smallest absolute Gasteiger partial charge is 0.480 e. The predicted octanol–water partition coefficient (Wildman–Crippen LogP) is 1.56. The summed E-state index contributed by atoms with van der Waals surface area (Å²) in [5.74, 6) is -1.54. The zero-order valence-corrected chi connectivity index (χ0v) is 10.3. The fourth-order valence-electron chi connectivity index (χ4n) is 1.93. The zero-order valence-electron chi connectivity index (χ0n) is 9.48. The molecular weight excluding hydrogens is 275 g/mol. The molecule has 1 aliphatic rings. The van der Waals surface area contributed by atoms with Crippen LogP contribution in [-0.2, 0) is 14.8 Å². The van der Waals surface area contributed by atoms with E-state index >= 15 is 0 Å². The maximum Gasteiger partial charge on any atom is 0.511 e. The van der Waals surface area contributed by atoms with Crippen LogP contribution in [0.4, 0.5) is 13.2 Å². The Kier molecular flexibility index (Phi) is 4.60. The fraction of sp³-hybridized carbons (Fsp3) is 0.889. The molecule has 0 aromatic rings. The molecule has 1 rings (SSSR count). The average Bonchev–Trinajstić information content (AvgIpc) is 2.13. The highest BCUT2D eigenvalue weighted by atomic mass is 32.2. The Bertz CT molecular complexity index is 407. The third kappa shape index (κ3) is 3.14. The number of nitrogens with zero attached hydrogens (tertiary/aromatic N) is 1. The van der Waals surface area contributed by atoms with E-state index in [4.69, 9.17) is 5.11 Å². The summed E-state index contributed by atoms with van der Waals surface area (Å²) in [6, 6.07) is -1.63. The van der Waals surface area contributed by atoms with E-state index < -0.39 is 34.1 Å². The Labute approximate surface area is 103 Å². The van der Waals surface area contributed by atoms with Crippen LogP contribution in [0.1, 0.15) is 32.1 Å². The van der Waals surface area contributed by atoms with Gasteiger partial charge in [-0.15, -0.1) is 0 Å². The molecule has 0 amide bonds. The molecule has 1 aliphatic heterocycles. The highest BCUT2D eigenvalue weighted by Crippen LogP contribution is 2.31. The fourth-order valence-corrected chi connectivity index (χ4v) is 3.09. The van der Waals surface area contributed by atoms with Crippen LogP contribution in [0.2, 0.25) is 0 Å². The van der Waals surface area contributed by atoms with Crippen molar-refractivity contribution in [2.75, 3.05) is 6.54 Å². The van der Waals surface area contributed by atoms with Gasteiger partial charge in [0.15, 0.2) is 0 Å². The van der Waals surface area contributed by atoms with Crippen molar-refractivity contribution in [1.29, 1.82) is 0 Å². The van der Waals surface area contributed by atoms with Gasteiger partial charge in [-0.3, -0.25) is 4.79 Å². The van der Waals surface area contributed by atoms with Gasteiger partial charge in [0.2, 0.25) is 0 Å². The van der Waals surface area contributed by atoms with Gasteiger partial charge < -0.3 is 5.11 Å². The van der Waals surface area contributed by atoms with Crippen molar-refractivity contribution >= 4 is 16.0 Å². The number of hydrogen-bond acceptors (Lipinski definition) is 3. The number of halogens is 3. The molecule has 1 atom stereocenters. The molecule has 0 saturated carbocycles. The topological polar surface area (TPSA) is 74.7 Å². The molecule has 0 aliphatic carbocycles.